The van der Waals surface area contributed by atoms with Crippen molar-refractivity contribution in [3.05, 3.63) is 72.8 Å². The lowest BCUT2D eigenvalue weighted by atomic mass is 10.0. The van der Waals surface area contributed by atoms with Gasteiger partial charge in [-0.15, -0.1) is 0 Å². The second kappa shape index (κ2) is 10.0. The molecule has 0 unspecified atom stereocenters. The van der Waals surface area contributed by atoms with Gasteiger partial charge in [-0.05, 0) is 42.9 Å². The molecular formula is C26H28N8O2S. The van der Waals surface area contributed by atoms with Crippen LogP contribution in [0.15, 0.2) is 72.8 Å². The Morgan fingerprint density at radius 1 is 1.00 bits per heavy atom. The average molecular weight is 517 g/mol. The zero-order valence-corrected chi connectivity index (χ0v) is 21.2. The molecule has 4 N–H and O–H groups in total. The molecule has 10 nitrogen and oxygen atoms in total. The molecule has 2 aromatic heterocycles. The van der Waals surface area contributed by atoms with E-state index in [0.29, 0.717) is 28.4 Å². The number of aromatic nitrogens is 3. The molecule has 1 aliphatic heterocycles. The Balaban J connectivity index is 1.44. The summed E-state index contributed by atoms with van der Waals surface area (Å²) in [5, 5.41) is 4.78. The molecule has 2 aromatic carbocycles. The van der Waals surface area contributed by atoms with Gasteiger partial charge in [0.2, 0.25) is 5.95 Å². The van der Waals surface area contributed by atoms with Crippen LogP contribution in [0.1, 0.15) is 0 Å². The van der Waals surface area contributed by atoms with Crippen molar-refractivity contribution in [3.63, 3.8) is 0 Å². The fraction of sp³-hybridized carbons (Fsp3) is 0.192. The maximum Gasteiger partial charge on any atom is 0.254 e. The van der Waals surface area contributed by atoms with E-state index < -0.39 is 10.0 Å². The fourth-order valence-electron chi connectivity index (χ4n) is 4.23. The molecule has 1 saturated heterocycles. The van der Waals surface area contributed by atoms with E-state index in [1.54, 1.807) is 24.4 Å². The zero-order valence-electron chi connectivity index (χ0n) is 20.4. The topological polar surface area (TPSA) is 129 Å². The van der Waals surface area contributed by atoms with E-state index in [0.717, 1.165) is 54.2 Å². The standard InChI is InChI=1S/C26H28N8O2S/c1-3-37(35,36)32-19-7-4-6-18(16-19)21-8-5-9-22-24(21)30-26(31-25(22)27)29-20-10-11-23(28-17-20)34-14-12-33(2)13-15-34/h3-11,16-17,32H,1,12-15H2,2H3,(H3,27,29,30,31). The molecule has 5 rings (SSSR count). The van der Waals surface area contributed by atoms with Crippen LogP contribution >= 0.6 is 0 Å². The van der Waals surface area contributed by atoms with Crippen molar-refractivity contribution in [2.45, 2.75) is 0 Å². The van der Waals surface area contributed by atoms with Gasteiger partial charge in [0.1, 0.15) is 11.6 Å². The molecule has 4 aromatic rings. The number of benzene rings is 2. The number of hydrogen-bond donors (Lipinski definition) is 3. The van der Waals surface area contributed by atoms with Crippen LogP contribution in [0.4, 0.5) is 29.0 Å². The van der Waals surface area contributed by atoms with Crippen LogP contribution in [0.25, 0.3) is 22.0 Å². The summed E-state index contributed by atoms with van der Waals surface area (Å²) in [4.78, 5) is 18.4. The first-order valence-electron chi connectivity index (χ1n) is 11.8. The molecule has 0 radical (unpaired) electrons. The number of nitrogen functional groups attached to an aromatic ring is 1. The first-order valence-corrected chi connectivity index (χ1v) is 13.3. The fourth-order valence-corrected chi connectivity index (χ4v) is 4.77. The van der Waals surface area contributed by atoms with Crippen molar-refractivity contribution >= 4 is 49.9 Å². The number of anilines is 5. The van der Waals surface area contributed by atoms with Crippen LogP contribution in [0, 0.1) is 0 Å². The normalized spacial score (nSPS) is 14.5. The number of hydrogen-bond acceptors (Lipinski definition) is 9. The molecule has 1 fully saturated rings. The second-order valence-corrected chi connectivity index (χ2v) is 10.5. The molecule has 11 heteroatoms. The van der Waals surface area contributed by atoms with E-state index in [2.05, 4.69) is 43.4 Å². The summed E-state index contributed by atoms with van der Waals surface area (Å²) < 4.78 is 26.3. The smallest absolute Gasteiger partial charge is 0.254 e. The second-order valence-electron chi connectivity index (χ2n) is 8.85. The lowest BCUT2D eigenvalue weighted by Gasteiger charge is -2.33. The van der Waals surface area contributed by atoms with E-state index in [1.165, 1.54) is 0 Å². The quantitative estimate of drug-likeness (QED) is 0.337. The van der Waals surface area contributed by atoms with Crippen LogP contribution in [0.5, 0.6) is 0 Å². The molecular weight excluding hydrogens is 488 g/mol. The summed E-state index contributed by atoms with van der Waals surface area (Å²) >= 11 is 0. The van der Waals surface area contributed by atoms with Crippen LogP contribution in [0.2, 0.25) is 0 Å². The Bertz CT molecular complexity index is 1550. The lowest BCUT2D eigenvalue weighted by Crippen LogP contribution is -2.44. The van der Waals surface area contributed by atoms with Crippen LogP contribution < -0.4 is 20.7 Å². The van der Waals surface area contributed by atoms with Gasteiger partial charge in [0.25, 0.3) is 10.0 Å². The Morgan fingerprint density at radius 2 is 1.78 bits per heavy atom. The van der Waals surface area contributed by atoms with Crippen molar-refractivity contribution < 1.29 is 8.42 Å². The van der Waals surface area contributed by atoms with E-state index in [-0.39, 0.29) is 0 Å². The molecule has 0 spiro atoms. The summed E-state index contributed by atoms with van der Waals surface area (Å²) in [6, 6.07) is 16.6. The van der Waals surface area contributed by atoms with Gasteiger partial charge in [-0.25, -0.2) is 18.4 Å². The predicted octanol–water partition coefficient (Wildman–Crippen LogP) is 3.65. The summed E-state index contributed by atoms with van der Waals surface area (Å²) in [6.45, 7) is 7.25. The molecule has 0 atom stereocenters. The molecule has 37 heavy (non-hydrogen) atoms. The average Bonchev–Trinajstić information content (AvgIpc) is 2.89. The van der Waals surface area contributed by atoms with Gasteiger partial charge in [0.15, 0.2) is 0 Å². The first-order chi connectivity index (χ1) is 17.8. The third-order valence-corrected chi connectivity index (χ3v) is 7.20. The number of rotatable bonds is 7. The summed E-state index contributed by atoms with van der Waals surface area (Å²) in [5.74, 6) is 1.61. The minimum Gasteiger partial charge on any atom is -0.383 e. The number of pyridine rings is 1. The largest absolute Gasteiger partial charge is 0.383 e. The molecule has 0 aliphatic carbocycles. The molecule has 0 amide bonds. The third kappa shape index (κ3) is 5.47. The number of likely N-dealkylation sites (N-methyl/N-ethyl adjacent to an activating group) is 1. The number of nitrogens with one attached hydrogen (secondary N) is 2. The highest BCUT2D eigenvalue weighted by atomic mass is 32.2. The number of nitrogens with zero attached hydrogens (tertiary/aromatic N) is 5. The van der Waals surface area contributed by atoms with Gasteiger partial charge in [-0.3, -0.25) is 4.72 Å². The number of nitrogens with two attached hydrogens (primary N) is 1. The third-order valence-electron chi connectivity index (χ3n) is 6.24. The Labute approximate surface area is 215 Å². The molecule has 190 valence electrons. The summed E-state index contributed by atoms with van der Waals surface area (Å²) in [6.07, 6.45) is 1.76. The van der Waals surface area contributed by atoms with E-state index in [1.807, 2.05) is 36.4 Å². The molecule has 0 bridgehead atoms. The van der Waals surface area contributed by atoms with Gasteiger partial charge in [-0.1, -0.05) is 30.8 Å². The zero-order chi connectivity index (χ0) is 26.0. The Hall–Kier alpha value is -4.22. The lowest BCUT2D eigenvalue weighted by molar-refractivity contribution is 0.312. The maximum atomic E-state index is 11.9. The van der Waals surface area contributed by atoms with E-state index in [9.17, 15) is 8.42 Å². The van der Waals surface area contributed by atoms with Gasteiger partial charge in [0, 0.05) is 48.2 Å². The van der Waals surface area contributed by atoms with Crippen molar-refractivity contribution in [1.82, 2.24) is 19.9 Å². The van der Waals surface area contributed by atoms with Gasteiger partial charge in [-0.2, -0.15) is 4.98 Å². The van der Waals surface area contributed by atoms with Crippen LogP contribution in [0.3, 0.4) is 0 Å². The SMILES string of the molecule is C=CS(=O)(=O)Nc1cccc(-c2cccc3c(N)nc(Nc4ccc(N5CCN(C)CC5)nc4)nc23)c1. The van der Waals surface area contributed by atoms with Gasteiger partial charge < -0.3 is 20.9 Å². The van der Waals surface area contributed by atoms with E-state index in [4.69, 9.17) is 10.7 Å². The predicted molar refractivity (Wildman–Crippen MR) is 149 cm³/mol. The van der Waals surface area contributed by atoms with E-state index >= 15 is 0 Å². The van der Waals surface area contributed by atoms with Crippen LogP contribution in [-0.4, -0.2) is 61.5 Å². The highest BCUT2D eigenvalue weighted by Crippen LogP contribution is 2.32. The highest BCUT2D eigenvalue weighted by Gasteiger charge is 2.16. The summed E-state index contributed by atoms with van der Waals surface area (Å²) in [5.41, 5.74) is 9.67. The Morgan fingerprint density at radius 3 is 2.51 bits per heavy atom. The Kier molecular flexibility index (Phi) is 6.64. The summed E-state index contributed by atoms with van der Waals surface area (Å²) in [7, 11) is -1.50. The molecule has 0 saturated carbocycles. The number of piperazine rings is 1. The number of sulfonamides is 1. The molecule has 3 heterocycles. The minimum absolute atomic E-state index is 0.333. The minimum atomic E-state index is -3.63. The number of fused-ring (bicyclic) bond motifs is 1. The van der Waals surface area contributed by atoms with Crippen LogP contribution in [-0.2, 0) is 10.0 Å². The maximum absolute atomic E-state index is 11.9. The first kappa shape index (κ1) is 24.5. The monoisotopic (exact) mass is 516 g/mol. The van der Waals surface area contributed by atoms with Crippen molar-refractivity contribution in [1.29, 1.82) is 0 Å². The molecule has 1 aliphatic rings. The van der Waals surface area contributed by atoms with Crippen molar-refractivity contribution in [2.75, 3.05) is 53.9 Å². The van der Waals surface area contributed by atoms with Gasteiger partial charge >= 0.3 is 0 Å². The van der Waals surface area contributed by atoms with Gasteiger partial charge in [0.05, 0.1) is 17.4 Å². The van der Waals surface area contributed by atoms with Crippen molar-refractivity contribution in [3.8, 4) is 11.1 Å². The van der Waals surface area contributed by atoms with Crippen molar-refractivity contribution in [2.24, 2.45) is 0 Å². The highest BCUT2D eigenvalue weighted by molar-refractivity contribution is 7.95. The number of para-hydroxylation sites is 1.